The first kappa shape index (κ1) is 10.3. The minimum atomic E-state index is -0.184. The summed E-state index contributed by atoms with van der Waals surface area (Å²) in [5, 5.41) is 0. The van der Waals surface area contributed by atoms with Crippen LogP contribution in [0.25, 0.3) is 11.0 Å². The number of hydrogen-bond acceptors (Lipinski definition) is 3. The third-order valence-electron chi connectivity index (χ3n) is 3.60. The van der Waals surface area contributed by atoms with E-state index in [0.29, 0.717) is 5.69 Å². The SMILES string of the molecule is CCc1c(N)c(=O)[nH]c2c3c(cnc12)CCC3. The molecule has 2 aromatic rings. The summed E-state index contributed by atoms with van der Waals surface area (Å²) >= 11 is 0. The number of nitrogens with one attached hydrogen (secondary N) is 1. The predicted molar refractivity (Wildman–Crippen MR) is 68.2 cm³/mol. The van der Waals surface area contributed by atoms with Crippen molar-refractivity contribution in [1.29, 1.82) is 0 Å². The topological polar surface area (TPSA) is 71.8 Å². The Balaban J connectivity index is 2.47. The zero-order valence-electron chi connectivity index (χ0n) is 9.84. The highest BCUT2D eigenvalue weighted by Crippen LogP contribution is 2.29. The number of hydrogen-bond donors (Lipinski definition) is 2. The molecule has 1 aliphatic rings. The molecule has 1 aliphatic carbocycles. The van der Waals surface area contributed by atoms with Gasteiger partial charge in [-0.2, -0.15) is 0 Å². The van der Waals surface area contributed by atoms with Crippen LogP contribution in [0.1, 0.15) is 30.0 Å². The number of nitrogens with two attached hydrogens (primary N) is 1. The molecular weight excluding hydrogens is 214 g/mol. The molecule has 3 N–H and O–H groups in total. The molecule has 0 radical (unpaired) electrons. The van der Waals surface area contributed by atoms with Crippen LogP contribution in [0, 0.1) is 0 Å². The fraction of sp³-hybridized carbons (Fsp3) is 0.385. The van der Waals surface area contributed by atoms with Gasteiger partial charge in [0.2, 0.25) is 0 Å². The Morgan fingerprint density at radius 3 is 3.06 bits per heavy atom. The number of aromatic amines is 1. The minimum absolute atomic E-state index is 0.184. The van der Waals surface area contributed by atoms with Gasteiger partial charge in [-0.3, -0.25) is 9.78 Å². The van der Waals surface area contributed by atoms with Crippen molar-refractivity contribution >= 4 is 16.7 Å². The molecule has 2 aromatic heterocycles. The Hall–Kier alpha value is -1.84. The van der Waals surface area contributed by atoms with Gasteiger partial charge in [0.05, 0.1) is 11.0 Å². The Morgan fingerprint density at radius 2 is 2.29 bits per heavy atom. The molecule has 4 heteroatoms. The summed E-state index contributed by atoms with van der Waals surface area (Å²) in [5.74, 6) is 0. The first-order valence-corrected chi connectivity index (χ1v) is 6.03. The van der Waals surface area contributed by atoms with E-state index in [1.807, 2.05) is 13.1 Å². The quantitative estimate of drug-likeness (QED) is 0.779. The summed E-state index contributed by atoms with van der Waals surface area (Å²) < 4.78 is 0. The molecule has 17 heavy (non-hydrogen) atoms. The number of nitrogens with zero attached hydrogens (tertiary/aromatic N) is 1. The van der Waals surface area contributed by atoms with Gasteiger partial charge in [0.1, 0.15) is 5.69 Å². The summed E-state index contributed by atoms with van der Waals surface area (Å²) in [6, 6.07) is 0. The molecule has 2 heterocycles. The normalized spacial score (nSPS) is 14.2. The van der Waals surface area contributed by atoms with Gasteiger partial charge in [-0.15, -0.1) is 0 Å². The summed E-state index contributed by atoms with van der Waals surface area (Å²) in [6.07, 6.45) is 5.90. The van der Waals surface area contributed by atoms with Crippen molar-refractivity contribution in [3.05, 3.63) is 33.2 Å². The summed E-state index contributed by atoms with van der Waals surface area (Å²) in [6.45, 7) is 2.00. The van der Waals surface area contributed by atoms with Crippen molar-refractivity contribution in [3.63, 3.8) is 0 Å². The van der Waals surface area contributed by atoms with Crippen LogP contribution in [0.5, 0.6) is 0 Å². The zero-order valence-corrected chi connectivity index (χ0v) is 9.84. The molecule has 0 saturated heterocycles. The highest BCUT2D eigenvalue weighted by atomic mass is 16.1. The van der Waals surface area contributed by atoms with E-state index in [4.69, 9.17) is 5.73 Å². The average molecular weight is 229 g/mol. The second-order valence-electron chi connectivity index (χ2n) is 4.54. The molecular formula is C13H15N3O. The highest BCUT2D eigenvalue weighted by molar-refractivity contribution is 5.85. The van der Waals surface area contributed by atoms with Gasteiger partial charge in [-0.25, -0.2) is 0 Å². The molecule has 0 aromatic carbocycles. The second-order valence-corrected chi connectivity index (χ2v) is 4.54. The van der Waals surface area contributed by atoms with Crippen molar-refractivity contribution < 1.29 is 0 Å². The van der Waals surface area contributed by atoms with Crippen LogP contribution < -0.4 is 11.3 Å². The number of anilines is 1. The third kappa shape index (κ3) is 1.37. The lowest BCUT2D eigenvalue weighted by Gasteiger charge is -2.09. The number of fused-ring (bicyclic) bond motifs is 3. The van der Waals surface area contributed by atoms with Crippen LogP contribution in [0.15, 0.2) is 11.0 Å². The average Bonchev–Trinajstić information content (AvgIpc) is 2.79. The standard InChI is InChI=1S/C13H15N3O/c1-2-8-10(14)13(17)16-12-9-5-3-4-7(9)6-15-11(8)12/h6H,2-5,14H2,1H3,(H,16,17). The van der Waals surface area contributed by atoms with Gasteiger partial charge in [0, 0.05) is 11.8 Å². The summed E-state index contributed by atoms with van der Waals surface area (Å²) in [4.78, 5) is 19.2. The van der Waals surface area contributed by atoms with Crippen molar-refractivity contribution in [1.82, 2.24) is 9.97 Å². The van der Waals surface area contributed by atoms with E-state index in [-0.39, 0.29) is 5.56 Å². The van der Waals surface area contributed by atoms with Crippen LogP contribution >= 0.6 is 0 Å². The smallest absolute Gasteiger partial charge is 0.271 e. The van der Waals surface area contributed by atoms with Gasteiger partial charge in [-0.1, -0.05) is 6.92 Å². The van der Waals surface area contributed by atoms with Gasteiger partial charge in [-0.05, 0) is 36.8 Å². The monoisotopic (exact) mass is 229 g/mol. The van der Waals surface area contributed by atoms with Crippen LogP contribution in [0.4, 0.5) is 5.69 Å². The molecule has 0 bridgehead atoms. The third-order valence-corrected chi connectivity index (χ3v) is 3.60. The zero-order chi connectivity index (χ0) is 12.0. The largest absolute Gasteiger partial charge is 0.394 e. The van der Waals surface area contributed by atoms with Crippen molar-refractivity contribution in [2.45, 2.75) is 32.6 Å². The van der Waals surface area contributed by atoms with Crippen molar-refractivity contribution in [2.24, 2.45) is 0 Å². The number of pyridine rings is 2. The molecule has 0 atom stereocenters. The summed E-state index contributed by atoms with van der Waals surface area (Å²) in [7, 11) is 0. The van der Waals surface area contributed by atoms with Gasteiger partial charge >= 0.3 is 0 Å². The van der Waals surface area contributed by atoms with E-state index in [1.54, 1.807) is 0 Å². The van der Waals surface area contributed by atoms with E-state index in [0.717, 1.165) is 42.3 Å². The van der Waals surface area contributed by atoms with Crippen molar-refractivity contribution in [3.8, 4) is 0 Å². The fourth-order valence-electron chi connectivity index (χ4n) is 2.71. The Morgan fingerprint density at radius 1 is 1.47 bits per heavy atom. The first-order chi connectivity index (χ1) is 8.22. The van der Waals surface area contributed by atoms with Gasteiger partial charge < -0.3 is 10.7 Å². The lowest BCUT2D eigenvalue weighted by atomic mass is 10.1. The first-order valence-electron chi connectivity index (χ1n) is 6.03. The Labute approximate surface area is 98.9 Å². The number of aromatic nitrogens is 2. The van der Waals surface area contributed by atoms with Crippen molar-refractivity contribution in [2.75, 3.05) is 5.73 Å². The second kappa shape index (κ2) is 3.58. The predicted octanol–water partition coefficient (Wildman–Crippen LogP) is 1.56. The van der Waals surface area contributed by atoms with E-state index >= 15 is 0 Å². The molecule has 0 fully saturated rings. The maximum Gasteiger partial charge on any atom is 0.271 e. The number of nitrogen functional groups attached to an aromatic ring is 1. The molecule has 0 saturated carbocycles. The van der Waals surface area contributed by atoms with E-state index in [2.05, 4.69) is 9.97 Å². The molecule has 0 unspecified atom stereocenters. The number of aryl methyl sites for hydroxylation is 3. The van der Waals surface area contributed by atoms with E-state index < -0.39 is 0 Å². The molecule has 0 amide bonds. The van der Waals surface area contributed by atoms with E-state index in [1.165, 1.54) is 11.1 Å². The Bertz CT molecular complexity index is 658. The van der Waals surface area contributed by atoms with E-state index in [9.17, 15) is 4.79 Å². The lowest BCUT2D eigenvalue weighted by molar-refractivity contribution is 0.911. The molecule has 0 spiro atoms. The lowest BCUT2D eigenvalue weighted by Crippen LogP contribution is -2.16. The molecule has 4 nitrogen and oxygen atoms in total. The number of rotatable bonds is 1. The highest BCUT2D eigenvalue weighted by Gasteiger charge is 2.18. The van der Waals surface area contributed by atoms with Gasteiger partial charge in [0.15, 0.2) is 0 Å². The Kier molecular flexibility index (Phi) is 2.18. The molecule has 3 rings (SSSR count). The maximum absolute atomic E-state index is 11.8. The molecule has 0 aliphatic heterocycles. The maximum atomic E-state index is 11.8. The molecule has 88 valence electrons. The van der Waals surface area contributed by atoms with Crippen LogP contribution in [0.2, 0.25) is 0 Å². The van der Waals surface area contributed by atoms with Gasteiger partial charge in [0.25, 0.3) is 5.56 Å². The summed E-state index contributed by atoms with van der Waals surface area (Å²) in [5.41, 5.74) is 11.1. The van der Waals surface area contributed by atoms with Crippen LogP contribution in [-0.2, 0) is 19.3 Å². The fourth-order valence-corrected chi connectivity index (χ4v) is 2.71. The van der Waals surface area contributed by atoms with Crippen LogP contribution in [-0.4, -0.2) is 9.97 Å². The van der Waals surface area contributed by atoms with Crippen LogP contribution in [0.3, 0.4) is 0 Å². The minimum Gasteiger partial charge on any atom is -0.394 e. The number of H-pyrrole nitrogens is 1.